The molecule has 0 spiro atoms. The van der Waals surface area contributed by atoms with Crippen LogP contribution in [-0.4, -0.2) is 13.8 Å². The lowest BCUT2D eigenvalue weighted by Crippen LogP contribution is -2.39. The van der Waals surface area contributed by atoms with Gasteiger partial charge in [0.2, 0.25) is 0 Å². The topological polar surface area (TPSA) is 200 Å². The first-order chi connectivity index (χ1) is 33.2. The van der Waals surface area contributed by atoms with Gasteiger partial charge in [-0.25, -0.2) is 0 Å². The monoisotopic (exact) mass is 984 g/mol. The van der Waals surface area contributed by atoms with Crippen LogP contribution in [0.15, 0.2) is 223 Å². The number of nitrogens with two attached hydrogens (primary N) is 4. The zero-order chi connectivity index (χ0) is 46.7. The van der Waals surface area contributed by atoms with E-state index in [-0.39, 0.29) is 0 Å². The third-order valence-corrected chi connectivity index (χ3v) is 18.1. The molecule has 0 aliphatic carbocycles. The molecule has 0 saturated heterocycles. The Morgan fingerprint density at radius 2 is 0.647 bits per heavy atom. The first kappa shape index (κ1) is 45.9. The first-order valence-electron chi connectivity index (χ1n) is 20.8. The van der Waals surface area contributed by atoms with E-state index in [1.54, 1.807) is 146 Å². The molecule has 1 heterocycles. The molecule has 0 fully saturated rings. The molecule has 8 aromatic carbocycles. The van der Waals surface area contributed by atoms with Gasteiger partial charge in [-0.3, -0.25) is 0 Å². The standard InChI is InChI=1S/C48H44N8O8P4/c49-37-21-29-42(30-22-37)58-55-66(61-45-33-25-39(51)26-34-45)54(57-41-13-5-1-6-14-41)65(60-44-15-7-2-8-16-44)53-68(63-47-17-9-3-10-18-47,64-48-19-11-4-12-20-48)56(59-43-31-23-38(50)24-32-43)67(55)62-46-35-27-40(52)28-36-46/h1-36H,49-52H2. The summed E-state index contributed by atoms with van der Waals surface area (Å²) in [5.41, 5.74) is 27.0. The highest BCUT2D eigenvalue weighted by Crippen LogP contribution is 2.78. The van der Waals surface area contributed by atoms with Gasteiger partial charge in [0.05, 0.1) is 0 Å². The van der Waals surface area contributed by atoms with Crippen molar-refractivity contribution in [3.63, 3.8) is 0 Å². The molecule has 20 heteroatoms. The SMILES string of the molecule is Nc1ccc(ON2P(Oc3ccc(N)cc3)N(Oc3ccccc3)P(Oc3ccccc3)N=P(Oc3ccccc3)(Oc3ccccc3)N(Oc3ccc(N)cc3)P2Oc2ccc(N)cc2)cc1. The van der Waals surface area contributed by atoms with Crippen LogP contribution in [-0.2, 0) is 0 Å². The second-order valence-electron chi connectivity index (χ2n) is 14.4. The van der Waals surface area contributed by atoms with Gasteiger partial charge in [0.1, 0.15) is 46.0 Å². The van der Waals surface area contributed by atoms with Crippen molar-refractivity contribution < 1.29 is 37.1 Å². The van der Waals surface area contributed by atoms with Crippen molar-refractivity contribution in [3.05, 3.63) is 218 Å². The number of rotatable bonds is 16. The van der Waals surface area contributed by atoms with E-state index in [4.69, 9.17) is 64.6 Å². The number of benzene rings is 8. The van der Waals surface area contributed by atoms with Gasteiger partial charge in [-0.2, -0.15) is 0 Å². The fourth-order valence-electron chi connectivity index (χ4n) is 5.95. The molecule has 1 aliphatic rings. The van der Waals surface area contributed by atoms with Crippen molar-refractivity contribution in [2.45, 2.75) is 0 Å². The number of hydrogen-bond acceptors (Lipinski definition) is 16. The highest BCUT2D eigenvalue weighted by Gasteiger charge is 2.59. The Morgan fingerprint density at radius 1 is 0.324 bits per heavy atom. The van der Waals surface area contributed by atoms with E-state index >= 15 is 0 Å². The second-order valence-corrected chi connectivity index (χ2v) is 21.6. The number of anilines is 4. The lowest BCUT2D eigenvalue weighted by molar-refractivity contribution is 0.0377. The number of nitrogens with zero attached hydrogens (tertiary/aromatic N) is 4. The molecule has 3 unspecified atom stereocenters. The van der Waals surface area contributed by atoms with Gasteiger partial charge in [0.15, 0.2) is 0 Å². The van der Waals surface area contributed by atoms with E-state index in [2.05, 4.69) is 0 Å². The summed E-state index contributed by atoms with van der Waals surface area (Å²) >= 11 is 0. The normalized spacial score (nSPS) is 17.3. The molecule has 16 nitrogen and oxygen atoms in total. The smallest absolute Gasteiger partial charge is 0.440 e. The summed E-state index contributed by atoms with van der Waals surface area (Å²) in [7, 11) is -12.0. The third kappa shape index (κ3) is 11.6. The van der Waals surface area contributed by atoms with Crippen LogP contribution < -0.4 is 60.1 Å². The number of para-hydroxylation sites is 4. The molecule has 0 aromatic heterocycles. The molecule has 3 atom stereocenters. The van der Waals surface area contributed by atoms with E-state index in [9.17, 15) is 0 Å². The first-order valence-corrected chi connectivity index (χ1v) is 25.8. The van der Waals surface area contributed by atoms with E-state index in [0.29, 0.717) is 68.7 Å². The van der Waals surface area contributed by atoms with Crippen LogP contribution in [0.25, 0.3) is 0 Å². The van der Waals surface area contributed by atoms with Crippen LogP contribution in [0.4, 0.5) is 22.7 Å². The summed E-state index contributed by atoms with van der Waals surface area (Å²) in [5, 5.41) is 0. The van der Waals surface area contributed by atoms with Crippen molar-refractivity contribution in [1.29, 1.82) is 0 Å². The lowest BCUT2D eigenvalue weighted by atomic mass is 10.3. The molecule has 0 amide bonds. The molecular formula is C48H44N8O8P4. The zero-order valence-corrected chi connectivity index (χ0v) is 39.5. The van der Waals surface area contributed by atoms with Crippen molar-refractivity contribution in [3.8, 4) is 46.0 Å². The van der Waals surface area contributed by atoms with Crippen LogP contribution in [0, 0.1) is 0 Å². The van der Waals surface area contributed by atoms with E-state index in [1.165, 1.54) is 13.8 Å². The highest BCUT2D eigenvalue weighted by molar-refractivity contribution is 7.78. The maximum absolute atomic E-state index is 7.25. The molecule has 68 heavy (non-hydrogen) atoms. The maximum Gasteiger partial charge on any atom is 0.447 e. The predicted molar refractivity (Wildman–Crippen MR) is 270 cm³/mol. The largest absolute Gasteiger partial charge is 0.447 e. The molecule has 8 N–H and O–H groups in total. The van der Waals surface area contributed by atoms with E-state index in [0.717, 1.165) is 0 Å². The van der Waals surface area contributed by atoms with Crippen molar-refractivity contribution >= 4 is 55.8 Å². The average Bonchev–Trinajstić information content (AvgIpc) is 3.36. The Kier molecular flexibility index (Phi) is 14.6. The minimum Gasteiger partial charge on any atom is -0.440 e. The molecule has 1 aliphatic heterocycles. The fraction of sp³-hybridized carbons (Fsp3) is 0. The minimum atomic E-state index is -4.33. The Morgan fingerprint density at radius 3 is 1.09 bits per heavy atom. The Bertz CT molecular complexity index is 2850. The molecule has 0 saturated carbocycles. The summed E-state index contributed by atoms with van der Waals surface area (Å²) in [6.07, 6.45) is 0. The van der Waals surface area contributed by atoms with Gasteiger partial charge in [0.25, 0.3) is 0 Å². The summed E-state index contributed by atoms with van der Waals surface area (Å²) in [4.78, 5) is 21.2. The molecule has 344 valence electrons. The Hall–Kier alpha value is -7.24. The van der Waals surface area contributed by atoms with Crippen molar-refractivity contribution in [2.24, 2.45) is 4.52 Å². The van der Waals surface area contributed by atoms with Crippen LogP contribution in [0.1, 0.15) is 0 Å². The van der Waals surface area contributed by atoms with Gasteiger partial charge in [0, 0.05) is 36.6 Å². The number of hydrogen-bond donors (Lipinski definition) is 4. The molecule has 8 aromatic rings. The van der Waals surface area contributed by atoms with E-state index in [1.807, 2.05) is 72.8 Å². The van der Waals surface area contributed by atoms with Crippen molar-refractivity contribution in [1.82, 2.24) is 13.8 Å². The Balaban J connectivity index is 1.40. The van der Waals surface area contributed by atoms with Gasteiger partial charge >= 0.3 is 33.0 Å². The van der Waals surface area contributed by atoms with Crippen molar-refractivity contribution in [2.75, 3.05) is 22.9 Å². The van der Waals surface area contributed by atoms with Gasteiger partial charge in [-0.1, -0.05) is 72.8 Å². The van der Waals surface area contributed by atoms with Crippen LogP contribution >= 0.6 is 33.0 Å². The van der Waals surface area contributed by atoms with Crippen LogP contribution in [0.3, 0.4) is 0 Å². The van der Waals surface area contributed by atoms with Gasteiger partial charge < -0.3 is 60.1 Å². The van der Waals surface area contributed by atoms with Crippen LogP contribution in [0.2, 0.25) is 0 Å². The quantitative estimate of drug-likeness (QED) is 0.0526. The lowest BCUT2D eigenvalue weighted by Gasteiger charge is -2.45. The fourth-order valence-corrected chi connectivity index (χ4v) is 15.7. The summed E-state index contributed by atoms with van der Waals surface area (Å²) in [6, 6.07) is 64.0. The summed E-state index contributed by atoms with van der Waals surface area (Å²) < 4.78 is 45.9. The van der Waals surface area contributed by atoms with Gasteiger partial charge in [-0.05, 0) is 146 Å². The van der Waals surface area contributed by atoms with Crippen LogP contribution in [0.5, 0.6) is 46.0 Å². The van der Waals surface area contributed by atoms with E-state index < -0.39 is 33.0 Å². The predicted octanol–water partition coefficient (Wildman–Crippen LogP) is 13.2. The maximum atomic E-state index is 7.25. The second kappa shape index (κ2) is 21.6. The Labute approximate surface area is 397 Å². The zero-order valence-electron chi connectivity index (χ0n) is 35.9. The molecule has 9 rings (SSSR count). The highest BCUT2D eigenvalue weighted by atomic mass is 31.3. The van der Waals surface area contributed by atoms with Gasteiger partial charge in [-0.15, -0.1) is 4.52 Å². The summed E-state index contributed by atoms with van der Waals surface area (Å²) in [6.45, 7) is 0. The average molecular weight is 985 g/mol. The minimum absolute atomic E-state index is 0.308. The number of nitrogen functional groups attached to an aromatic ring is 4. The summed E-state index contributed by atoms with van der Waals surface area (Å²) in [5.74, 6) is 2.94. The molecule has 0 bridgehead atoms. The molecule has 0 radical (unpaired) electrons. The molecular weight excluding hydrogens is 940 g/mol. The third-order valence-electron chi connectivity index (χ3n) is 9.20.